The van der Waals surface area contributed by atoms with Gasteiger partial charge in [-0.15, -0.1) is 0 Å². The number of nitrogens with one attached hydrogen (secondary N) is 1. The van der Waals surface area contributed by atoms with E-state index in [2.05, 4.69) is 15.5 Å². The van der Waals surface area contributed by atoms with Crippen molar-refractivity contribution in [2.75, 3.05) is 0 Å². The molecule has 1 amide bonds. The van der Waals surface area contributed by atoms with Crippen LogP contribution in [0.5, 0.6) is 0 Å². The van der Waals surface area contributed by atoms with Gasteiger partial charge in [-0.05, 0) is 23.8 Å². The molecule has 3 aromatic rings. The van der Waals surface area contributed by atoms with E-state index in [0.717, 1.165) is 5.56 Å². The van der Waals surface area contributed by atoms with Crippen LogP contribution in [0.15, 0.2) is 76.9 Å². The molecule has 0 radical (unpaired) electrons. The Hall–Kier alpha value is -3.54. The third-order valence-electron chi connectivity index (χ3n) is 3.48. The van der Waals surface area contributed by atoms with E-state index in [9.17, 15) is 9.59 Å². The van der Waals surface area contributed by atoms with E-state index < -0.39 is 5.91 Å². The van der Waals surface area contributed by atoms with Crippen molar-refractivity contribution >= 4 is 29.1 Å². The molecule has 0 saturated heterocycles. The molecule has 25 heavy (non-hydrogen) atoms. The van der Waals surface area contributed by atoms with Gasteiger partial charge in [0.1, 0.15) is 6.54 Å². The Morgan fingerprint density at radius 1 is 1.12 bits per heavy atom. The molecular formula is C19H16N4O2. The monoisotopic (exact) mass is 332 g/mol. The number of hydrazone groups is 1. The molecule has 0 saturated carbocycles. The molecule has 0 bridgehead atoms. The van der Waals surface area contributed by atoms with Gasteiger partial charge in [0.2, 0.25) is 0 Å². The van der Waals surface area contributed by atoms with E-state index in [-0.39, 0.29) is 12.1 Å². The molecule has 1 N–H and O–H groups in total. The summed E-state index contributed by atoms with van der Waals surface area (Å²) in [4.78, 5) is 28.4. The van der Waals surface area contributed by atoms with Crippen LogP contribution in [0.2, 0.25) is 0 Å². The number of carbonyl (C=O) groups excluding carboxylic acids is 1. The second-order valence-electron chi connectivity index (χ2n) is 5.28. The Morgan fingerprint density at radius 3 is 2.72 bits per heavy atom. The molecule has 6 heteroatoms. The van der Waals surface area contributed by atoms with Gasteiger partial charge in [-0.1, -0.05) is 48.5 Å². The van der Waals surface area contributed by atoms with Crippen LogP contribution in [0.1, 0.15) is 5.56 Å². The highest BCUT2D eigenvalue weighted by Crippen LogP contribution is 2.04. The van der Waals surface area contributed by atoms with Gasteiger partial charge in [0.15, 0.2) is 0 Å². The molecule has 0 aliphatic rings. The van der Waals surface area contributed by atoms with Crippen molar-refractivity contribution in [3.8, 4) is 0 Å². The summed E-state index contributed by atoms with van der Waals surface area (Å²) >= 11 is 0. The highest BCUT2D eigenvalue weighted by molar-refractivity contribution is 5.81. The van der Waals surface area contributed by atoms with E-state index in [0.29, 0.717) is 10.9 Å². The van der Waals surface area contributed by atoms with E-state index in [1.807, 2.05) is 42.5 Å². The lowest BCUT2D eigenvalue weighted by molar-refractivity contribution is -0.121. The summed E-state index contributed by atoms with van der Waals surface area (Å²) in [5.74, 6) is -0.399. The third-order valence-corrected chi connectivity index (χ3v) is 3.48. The number of nitrogens with zero attached hydrogens (tertiary/aromatic N) is 3. The molecule has 0 spiro atoms. The lowest BCUT2D eigenvalue weighted by Crippen LogP contribution is -2.30. The lowest BCUT2D eigenvalue weighted by atomic mass is 10.2. The van der Waals surface area contributed by atoms with Crippen LogP contribution in [0.4, 0.5) is 0 Å². The highest BCUT2D eigenvalue weighted by Gasteiger charge is 2.06. The number of benzene rings is 2. The number of hydrogen-bond acceptors (Lipinski definition) is 4. The zero-order valence-electron chi connectivity index (χ0n) is 13.4. The predicted octanol–water partition coefficient (Wildman–Crippen LogP) is 2.21. The summed E-state index contributed by atoms with van der Waals surface area (Å²) in [5.41, 5.74) is 3.77. The van der Waals surface area contributed by atoms with E-state index in [1.165, 1.54) is 17.1 Å². The van der Waals surface area contributed by atoms with Gasteiger partial charge >= 0.3 is 0 Å². The fourth-order valence-corrected chi connectivity index (χ4v) is 2.28. The minimum Gasteiger partial charge on any atom is -0.289 e. The minimum absolute atomic E-state index is 0.142. The maximum absolute atomic E-state index is 12.3. The molecule has 3 rings (SSSR count). The molecular weight excluding hydrogens is 316 g/mol. The highest BCUT2D eigenvalue weighted by atomic mass is 16.2. The topological polar surface area (TPSA) is 76.3 Å². The van der Waals surface area contributed by atoms with E-state index >= 15 is 0 Å². The minimum atomic E-state index is -0.399. The number of carbonyl (C=O) groups is 1. The van der Waals surface area contributed by atoms with Crippen LogP contribution >= 0.6 is 0 Å². The van der Waals surface area contributed by atoms with Crippen molar-refractivity contribution in [1.29, 1.82) is 0 Å². The zero-order valence-corrected chi connectivity index (χ0v) is 13.4. The maximum atomic E-state index is 12.3. The van der Waals surface area contributed by atoms with E-state index in [1.54, 1.807) is 24.3 Å². The first-order valence-electron chi connectivity index (χ1n) is 7.72. The predicted molar refractivity (Wildman–Crippen MR) is 98.1 cm³/mol. The largest absolute Gasteiger partial charge is 0.289 e. The van der Waals surface area contributed by atoms with Crippen molar-refractivity contribution in [1.82, 2.24) is 15.0 Å². The summed E-state index contributed by atoms with van der Waals surface area (Å²) < 4.78 is 1.26. The Bertz CT molecular complexity index is 991. The normalized spacial score (nSPS) is 11.4. The molecule has 1 heterocycles. The second-order valence-corrected chi connectivity index (χ2v) is 5.28. The van der Waals surface area contributed by atoms with Gasteiger partial charge in [0.05, 0.1) is 17.2 Å². The molecule has 0 atom stereocenters. The molecule has 6 nitrogen and oxygen atoms in total. The first kappa shape index (κ1) is 16.3. The number of fused-ring (bicyclic) bond motifs is 1. The van der Waals surface area contributed by atoms with Crippen LogP contribution in [-0.4, -0.2) is 21.7 Å². The second kappa shape index (κ2) is 7.83. The number of amides is 1. The molecule has 0 aliphatic heterocycles. The van der Waals surface area contributed by atoms with Crippen molar-refractivity contribution in [3.63, 3.8) is 0 Å². The van der Waals surface area contributed by atoms with Gasteiger partial charge < -0.3 is 0 Å². The standard InChI is InChI=1S/C19H16N4O2/c24-18(22-21-12-6-9-15-7-2-1-3-8-15)13-23-14-20-17-11-5-4-10-16(17)19(23)25/h1-12,14H,13H2,(H,22,24)/b9-6+,21-12?. The SMILES string of the molecule is O=C(Cn1cnc2ccccc2c1=O)NN=C/C=C/c1ccccc1. The fraction of sp³-hybridized carbons (Fsp3) is 0.0526. The van der Waals surface area contributed by atoms with Crippen molar-refractivity contribution < 1.29 is 4.79 Å². The average molecular weight is 332 g/mol. The van der Waals surface area contributed by atoms with Gasteiger partial charge in [-0.2, -0.15) is 5.10 Å². The Labute approximate surface area is 144 Å². The zero-order chi connectivity index (χ0) is 17.5. The average Bonchev–Trinajstić information content (AvgIpc) is 2.65. The van der Waals surface area contributed by atoms with Crippen LogP contribution in [0.3, 0.4) is 0 Å². The summed E-state index contributed by atoms with van der Waals surface area (Å²) in [6, 6.07) is 16.8. The molecule has 2 aromatic carbocycles. The van der Waals surface area contributed by atoms with Crippen LogP contribution in [-0.2, 0) is 11.3 Å². The third kappa shape index (κ3) is 4.26. The van der Waals surface area contributed by atoms with Crippen LogP contribution in [0, 0.1) is 0 Å². The Kier molecular flexibility index (Phi) is 5.11. The van der Waals surface area contributed by atoms with Crippen molar-refractivity contribution in [2.24, 2.45) is 5.10 Å². The number of aromatic nitrogens is 2. The molecule has 1 aromatic heterocycles. The summed E-state index contributed by atoms with van der Waals surface area (Å²) in [7, 11) is 0. The van der Waals surface area contributed by atoms with Gasteiger partial charge in [0.25, 0.3) is 11.5 Å². The number of hydrogen-bond donors (Lipinski definition) is 1. The summed E-state index contributed by atoms with van der Waals surface area (Å²) in [6.07, 6.45) is 6.43. The van der Waals surface area contributed by atoms with E-state index in [4.69, 9.17) is 0 Å². The lowest BCUT2D eigenvalue weighted by Gasteiger charge is -2.05. The maximum Gasteiger partial charge on any atom is 0.261 e. The van der Waals surface area contributed by atoms with Gasteiger partial charge in [0, 0.05) is 6.21 Å². The molecule has 124 valence electrons. The van der Waals surface area contributed by atoms with Gasteiger partial charge in [-0.3, -0.25) is 14.2 Å². The van der Waals surface area contributed by atoms with Crippen LogP contribution < -0.4 is 11.0 Å². The Balaban J connectivity index is 1.59. The van der Waals surface area contributed by atoms with Gasteiger partial charge in [-0.25, -0.2) is 10.4 Å². The molecule has 0 fully saturated rings. The van der Waals surface area contributed by atoms with Crippen molar-refractivity contribution in [3.05, 3.63) is 82.9 Å². The summed E-state index contributed by atoms with van der Waals surface area (Å²) in [6.45, 7) is -0.142. The first-order chi connectivity index (χ1) is 12.2. The quantitative estimate of drug-likeness (QED) is 0.575. The smallest absolute Gasteiger partial charge is 0.261 e. The number of allylic oxidation sites excluding steroid dienone is 1. The fourth-order valence-electron chi connectivity index (χ4n) is 2.28. The molecule has 0 aliphatic carbocycles. The molecule has 0 unspecified atom stereocenters. The first-order valence-corrected chi connectivity index (χ1v) is 7.72. The number of rotatable bonds is 5. The van der Waals surface area contributed by atoms with Crippen LogP contribution in [0.25, 0.3) is 17.0 Å². The number of para-hydroxylation sites is 1. The Morgan fingerprint density at radius 2 is 1.88 bits per heavy atom. The summed E-state index contributed by atoms with van der Waals surface area (Å²) in [5, 5.41) is 4.31. The van der Waals surface area contributed by atoms with Crippen molar-refractivity contribution in [2.45, 2.75) is 6.54 Å².